The number of aliphatic imine (C=N–C) groups is 1. The lowest BCUT2D eigenvalue weighted by molar-refractivity contribution is -0.188. The van der Waals surface area contributed by atoms with Crippen molar-refractivity contribution in [2.75, 3.05) is 13.7 Å². The van der Waals surface area contributed by atoms with E-state index in [0.717, 1.165) is 19.1 Å². The normalized spacial score (nSPS) is 29.0. The molecule has 0 bridgehead atoms. The van der Waals surface area contributed by atoms with Crippen LogP contribution in [0.3, 0.4) is 0 Å². The number of rotatable bonds is 3. The third kappa shape index (κ3) is 3.52. The van der Waals surface area contributed by atoms with Crippen molar-refractivity contribution >= 4 is 29.9 Å². The Morgan fingerprint density at radius 2 is 2.26 bits per heavy atom. The van der Waals surface area contributed by atoms with Gasteiger partial charge >= 0.3 is 0 Å². The van der Waals surface area contributed by atoms with Crippen molar-refractivity contribution in [1.29, 1.82) is 0 Å². The second kappa shape index (κ2) is 7.42. The van der Waals surface area contributed by atoms with Crippen LogP contribution in [0.15, 0.2) is 23.3 Å². The van der Waals surface area contributed by atoms with Crippen LogP contribution in [0.4, 0.5) is 0 Å². The van der Waals surface area contributed by atoms with Crippen LogP contribution >= 0.6 is 24.0 Å². The van der Waals surface area contributed by atoms with Crippen LogP contribution in [-0.4, -0.2) is 36.3 Å². The van der Waals surface area contributed by atoms with Gasteiger partial charge in [0.05, 0.1) is 12.6 Å². The maximum Gasteiger partial charge on any atom is 0.191 e. The lowest BCUT2D eigenvalue weighted by Gasteiger charge is -2.60. The van der Waals surface area contributed by atoms with Crippen molar-refractivity contribution in [2.24, 2.45) is 23.4 Å². The SMILES string of the molecule is CN=C(NCc1cccn1C)NC1C2CCCOC2C1(C)C.I. The predicted octanol–water partition coefficient (Wildman–Crippen LogP) is 2.51. The van der Waals surface area contributed by atoms with Crippen molar-refractivity contribution < 1.29 is 4.74 Å². The number of guanidine groups is 1. The van der Waals surface area contributed by atoms with Gasteiger partial charge in [-0.1, -0.05) is 13.8 Å². The average Bonchev–Trinajstić information content (AvgIpc) is 2.92. The summed E-state index contributed by atoms with van der Waals surface area (Å²) in [4.78, 5) is 4.39. The summed E-state index contributed by atoms with van der Waals surface area (Å²) in [6, 6.07) is 4.61. The fourth-order valence-corrected chi connectivity index (χ4v) is 4.01. The summed E-state index contributed by atoms with van der Waals surface area (Å²) in [6.07, 6.45) is 4.88. The quantitative estimate of drug-likeness (QED) is 0.439. The zero-order chi connectivity index (χ0) is 15.7. The number of hydrogen-bond donors (Lipinski definition) is 2. The molecule has 0 amide bonds. The number of ether oxygens (including phenoxy) is 1. The first-order valence-corrected chi connectivity index (χ1v) is 8.23. The number of fused-ring (bicyclic) bond motifs is 1. The summed E-state index contributed by atoms with van der Waals surface area (Å²) in [7, 11) is 3.90. The second-order valence-electron chi connectivity index (χ2n) is 7.08. The molecule has 1 aromatic rings. The van der Waals surface area contributed by atoms with Gasteiger partial charge in [0.25, 0.3) is 0 Å². The molecule has 3 rings (SSSR count). The van der Waals surface area contributed by atoms with E-state index in [1.807, 2.05) is 7.05 Å². The van der Waals surface area contributed by atoms with Crippen molar-refractivity contribution in [3.05, 3.63) is 24.0 Å². The minimum Gasteiger partial charge on any atom is -0.377 e. The Kier molecular flexibility index (Phi) is 5.99. The number of hydrogen-bond acceptors (Lipinski definition) is 2. The molecule has 2 N–H and O–H groups in total. The lowest BCUT2D eigenvalue weighted by Crippen LogP contribution is -2.71. The topological polar surface area (TPSA) is 50.6 Å². The molecule has 0 radical (unpaired) electrons. The Labute approximate surface area is 156 Å². The molecule has 3 atom stereocenters. The van der Waals surface area contributed by atoms with E-state index in [2.05, 4.69) is 59.4 Å². The molecule has 0 aromatic carbocycles. The van der Waals surface area contributed by atoms with Crippen LogP contribution in [0, 0.1) is 11.3 Å². The molecule has 130 valence electrons. The summed E-state index contributed by atoms with van der Waals surface area (Å²) in [5.41, 5.74) is 1.41. The molecular weight excluding hydrogens is 403 g/mol. The van der Waals surface area contributed by atoms with Crippen molar-refractivity contribution in [3.8, 4) is 0 Å². The summed E-state index contributed by atoms with van der Waals surface area (Å²) in [5, 5.41) is 7.05. The standard InChI is InChI=1S/C17H28N4O.HI/c1-17(2)14(13-8-6-10-22-15(13)17)20-16(18-3)19-11-12-7-5-9-21(12)4;/h5,7,9,13-15H,6,8,10-11H2,1-4H3,(H2,18,19,20);1H. The molecule has 2 aliphatic rings. The van der Waals surface area contributed by atoms with Crippen molar-refractivity contribution in [3.63, 3.8) is 0 Å². The van der Waals surface area contributed by atoms with E-state index >= 15 is 0 Å². The third-order valence-electron chi connectivity index (χ3n) is 5.34. The molecule has 23 heavy (non-hydrogen) atoms. The molecule has 2 heterocycles. The first kappa shape index (κ1) is 18.6. The molecule has 1 aromatic heterocycles. The van der Waals surface area contributed by atoms with Crippen LogP contribution in [0.1, 0.15) is 32.4 Å². The molecule has 1 saturated heterocycles. The Morgan fingerprint density at radius 3 is 2.91 bits per heavy atom. The first-order chi connectivity index (χ1) is 10.5. The van der Waals surface area contributed by atoms with Gasteiger partial charge in [0.15, 0.2) is 5.96 Å². The van der Waals surface area contributed by atoms with Gasteiger partial charge < -0.3 is 19.9 Å². The molecule has 1 saturated carbocycles. The molecule has 1 aliphatic carbocycles. The van der Waals surface area contributed by atoms with E-state index in [4.69, 9.17) is 4.74 Å². The lowest BCUT2D eigenvalue weighted by atomic mass is 9.55. The summed E-state index contributed by atoms with van der Waals surface area (Å²) in [6.45, 7) is 6.28. The maximum atomic E-state index is 5.97. The predicted molar refractivity (Wildman–Crippen MR) is 104 cm³/mol. The first-order valence-electron chi connectivity index (χ1n) is 8.23. The third-order valence-corrected chi connectivity index (χ3v) is 5.34. The van der Waals surface area contributed by atoms with Gasteiger partial charge in [-0.2, -0.15) is 0 Å². The van der Waals surface area contributed by atoms with E-state index in [1.54, 1.807) is 0 Å². The van der Waals surface area contributed by atoms with Crippen LogP contribution in [0.5, 0.6) is 0 Å². The highest BCUT2D eigenvalue weighted by atomic mass is 127. The van der Waals surface area contributed by atoms with Gasteiger partial charge in [-0.25, -0.2) is 0 Å². The molecular formula is C17H29IN4O. The van der Waals surface area contributed by atoms with E-state index in [0.29, 0.717) is 18.1 Å². The summed E-state index contributed by atoms with van der Waals surface area (Å²) >= 11 is 0. The Balaban J connectivity index is 0.00000192. The monoisotopic (exact) mass is 432 g/mol. The van der Waals surface area contributed by atoms with Gasteiger partial charge in [-0.3, -0.25) is 4.99 Å². The number of halogens is 1. The minimum absolute atomic E-state index is 0. The van der Waals surface area contributed by atoms with E-state index in [1.165, 1.54) is 18.5 Å². The van der Waals surface area contributed by atoms with Crippen molar-refractivity contribution in [1.82, 2.24) is 15.2 Å². The molecule has 1 aliphatic heterocycles. The Bertz CT molecular complexity index is 555. The van der Waals surface area contributed by atoms with Crippen LogP contribution in [-0.2, 0) is 18.3 Å². The molecule has 0 spiro atoms. The highest BCUT2D eigenvalue weighted by molar-refractivity contribution is 14.0. The van der Waals surface area contributed by atoms with E-state index in [-0.39, 0.29) is 29.4 Å². The second-order valence-corrected chi connectivity index (χ2v) is 7.08. The smallest absolute Gasteiger partial charge is 0.191 e. The van der Waals surface area contributed by atoms with Gasteiger partial charge in [-0.05, 0) is 25.0 Å². The number of nitrogens with one attached hydrogen (secondary N) is 2. The number of nitrogens with zero attached hydrogens (tertiary/aromatic N) is 2. The van der Waals surface area contributed by atoms with Gasteiger partial charge in [-0.15, -0.1) is 24.0 Å². The largest absolute Gasteiger partial charge is 0.377 e. The molecule has 5 nitrogen and oxygen atoms in total. The molecule has 2 fully saturated rings. The molecule has 3 unspecified atom stereocenters. The van der Waals surface area contributed by atoms with E-state index < -0.39 is 0 Å². The van der Waals surface area contributed by atoms with Crippen molar-refractivity contribution in [2.45, 2.75) is 45.4 Å². The van der Waals surface area contributed by atoms with E-state index in [9.17, 15) is 0 Å². The average molecular weight is 432 g/mol. The highest BCUT2D eigenvalue weighted by Gasteiger charge is 2.58. The van der Waals surface area contributed by atoms with Gasteiger partial charge in [0.2, 0.25) is 0 Å². The zero-order valence-corrected chi connectivity index (χ0v) is 16.8. The maximum absolute atomic E-state index is 5.97. The Hall–Kier alpha value is -0.760. The highest BCUT2D eigenvalue weighted by Crippen LogP contribution is 2.51. The van der Waals surface area contributed by atoms with Gasteiger partial charge in [0, 0.05) is 50.0 Å². The minimum atomic E-state index is 0. The van der Waals surface area contributed by atoms with Crippen LogP contribution in [0.2, 0.25) is 0 Å². The molecule has 6 heteroatoms. The fourth-order valence-electron chi connectivity index (χ4n) is 4.01. The van der Waals surface area contributed by atoms with Crippen LogP contribution in [0.25, 0.3) is 0 Å². The summed E-state index contributed by atoms with van der Waals surface area (Å²) < 4.78 is 8.09. The number of aromatic nitrogens is 1. The Morgan fingerprint density at radius 1 is 1.48 bits per heavy atom. The van der Waals surface area contributed by atoms with Gasteiger partial charge in [0.1, 0.15) is 0 Å². The summed E-state index contributed by atoms with van der Waals surface area (Å²) in [5.74, 6) is 1.49. The fraction of sp³-hybridized carbons (Fsp3) is 0.706. The number of aryl methyl sites for hydroxylation is 1. The zero-order valence-electron chi connectivity index (χ0n) is 14.5. The van der Waals surface area contributed by atoms with Crippen LogP contribution < -0.4 is 10.6 Å².